The van der Waals surface area contributed by atoms with Crippen LogP contribution in [0.1, 0.15) is 47.6 Å². The van der Waals surface area contributed by atoms with Crippen LogP contribution < -0.4 is 4.74 Å². The molecule has 7 heteroatoms. The molecule has 0 radical (unpaired) electrons. The monoisotopic (exact) mass is 383 g/mol. The number of carbonyl (C=O) groups is 1. The van der Waals surface area contributed by atoms with Crippen LogP contribution in [0.25, 0.3) is 0 Å². The van der Waals surface area contributed by atoms with E-state index in [-0.39, 0.29) is 5.78 Å². The Labute approximate surface area is 161 Å². The summed E-state index contributed by atoms with van der Waals surface area (Å²) < 4.78 is 13.5. The molecular weight excluding hydrogens is 362 g/mol. The highest BCUT2D eigenvalue weighted by atomic mass is 32.2. The lowest BCUT2D eigenvalue weighted by atomic mass is 10.1. The van der Waals surface area contributed by atoms with Crippen LogP contribution >= 0.6 is 11.8 Å². The minimum absolute atomic E-state index is 0.00511. The summed E-state index contributed by atoms with van der Waals surface area (Å²) in [5, 5.41) is 9.64. The van der Waals surface area contributed by atoms with Crippen molar-refractivity contribution in [1.29, 1.82) is 0 Å². The van der Waals surface area contributed by atoms with Crippen molar-refractivity contribution >= 4 is 17.5 Å². The molecule has 0 bridgehead atoms. The summed E-state index contributed by atoms with van der Waals surface area (Å²) in [4.78, 5) is 11.7. The SMILES string of the molecule is CC(=O)c1ccccc1OCCSc1nnc(C2CC2)n1Cc1ccco1. The number of benzene rings is 1. The summed E-state index contributed by atoms with van der Waals surface area (Å²) in [5.74, 6) is 3.79. The molecule has 0 spiro atoms. The van der Waals surface area contributed by atoms with E-state index in [0.717, 1.165) is 16.7 Å². The van der Waals surface area contributed by atoms with Gasteiger partial charge in [0, 0.05) is 11.7 Å². The highest BCUT2D eigenvalue weighted by Gasteiger charge is 2.30. The molecule has 0 N–H and O–H groups in total. The van der Waals surface area contributed by atoms with E-state index in [2.05, 4.69) is 14.8 Å². The van der Waals surface area contributed by atoms with Gasteiger partial charge in [0.2, 0.25) is 0 Å². The zero-order valence-electron chi connectivity index (χ0n) is 15.1. The largest absolute Gasteiger partial charge is 0.492 e. The van der Waals surface area contributed by atoms with E-state index in [1.807, 2.05) is 30.3 Å². The Morgan fingerprint density at radius 2 is 2.11 bits per heavy atom. The Kier molecular flexibility index (Phi) is 5.29. The number of ketones is 1. The van der Waals surface area contributed by atoms with Crippen LogP contribution in [0.2, 0.25) is 0 Å². The first-order valence-electron chi connectivity index (χ1n) is 9.03. The van der Waals surface area contributed by atoms with Crippen molar-refractivity contribution in [2.75, 3.05) is 12.4 Å². The molecule has 3 aromatic rings. The molecule has 0 atom stereocenters. The third-order valence-electron chi connectivity index (χ3n) is 4.42. The molecule has 2 heterocycles. The van der Waals surface area contributed by atoms with Crippen LogP contribution in [-0.4, -0.2) is 32.9 Å². The molecule has 27 heavy (non-hydrogen) atoms. The molecule has 0 aliphatic heterocycles. The van der Waals surface area contributed by atoms with Crippen molar-refractivity contribution in [1.82, 2.24) is 14.8 Å². The van der Waals surface area contributed by atoms with Gasteiger partial charge < -0.3 is 9.15 Å². The lowest BCUT2D eigenvalue weighted by Crippen LogP contribution is -2.08. The fourth-order valence-electron chi connectivity index (χ4n) is 2.93. The highest BCUT2D eigenvalue weighted by Crippen LogP contribution is 2.40. The van der Waals surface area contributed by atoms with E-state index >= 15 is 0 Å². The third-order valence-corrected chi connectivity index (χ3v) is 5.35. The molecule has 1 saturated carbocycles. The number of carbonyl (C=O) groups excluding carboxylic acids is 1. The van der Waals surface area contributed by atoms with Crippen LogP contribution in [-0.2, 0) is 6.54 Å². The van der Waals surface area contributed by atoms with Crippen molar-refractivity contribution in [3.63, 3.8) is 0 Å². The van der Waals surface area contributed by atoms with Crippen molar-refractivity contribution in [2.45, 2.75) is 37.4 Å². The smallest absolute Gasteiger partial charge is 0.191 e. The van der Waals surface area contributed by atoms with Crippen LogP contribution in [0.4, 0.5) is 0 Å². The summed E-state index contributed by atoms with van der Waals surface area (Å²) in [5.41, 5.74) is 0.611. The topological polar surface area (TPSA) is 70.2 Å². The summed E-state index contributed by atoms with van der Waals surface area (Å²) in [6.45, 7) is 2.68. The molecule has 1 aliphatic rings. The molecule has 4 rings (SSSR count). The number of ether oxygens (including phenoxy) is 1. The van der Waals surface area contributed by atoms with Crippen molar-refractivity contribution in [2.24, 2.45) is 0 Å². The number of furan rings is 1. The predicted molar refractivity (Wildman–Crippen MR) is 102 cm³/mol. The average Bonchev–Trinajstić information content (AvgIpc) is 3.24. The summed E-state index contributed by atoms with van der Waals surface area (Å²) in [6.07, 6.45) is 4.03. The Morgan fingerprint density at radius 1 is 1.26 bits per heavy atom. The molecule has 2 aromatic heterocycles. The van der Waals surface area contributed by atoms with Gasteiger partial charge in [-0.15, -0.1) is 10.2 Å². The first-order valence-corrected chi connectivity index (χ1v) is 10.0. The molecule has 6 nitrogen and oxygen atoms in total. The first-order chi connectivity index (χ1) is 13.2. The average molecular weight is 383 g/mol. The zero-order chi connectivity index (χ0) is 18.6. The summed E-state index contributed by atoms with van der Waals surface area (Å²) in [7, 11) is 0. The van der Waals surface area contributed by atoms with Crippen molar-refractivity contribution < 1.29 is 13.9 Å². The molecule has 0 amide bonds. The van der Waals surface area contributed by atoms with E-state index in [4.69, 9.17) is 9.15 Å². The molecule has 140 valence electrons. The second-order valence-corrected chi connectivity index (χ2v) is 7.59. The van der Waals surface area contributed by atoms with E-state index in [1.165, 1.54) is 12.8 Å². The predicted octanol–water partition coefficient (Wildman–Crippen LogP) is 4.17. The molecule has 0 saturated heterocycles. The fraction of sp³-hybridized carbons (Fsp3) is 0.350. The minimum Gasteiger partial charge on any atom is -0.492 e. The van der Waals surface area contributed by atoms with Gasteiger partial charge in [0.05, 0.1) is 25.0 Å². The maximum atomic E-state index is 11.7. The molecular formula is C20H21N3O3S. The summed E-state index contributed by atoms with van der Waals surface area (Å²) >= 11 is 1.61. The number of hydrogen-bond donors (Lipinski definition) is 0. The Morgan fingerprint density at radius 3 is 2.85 bits per heavy atom. The lowest BCUT2D eigenvalue weighted by Gasteiger charge is -2.10. The second kappa shape index (κ2) is 8.00. The number of Topliss-reactive ketones (excluding diaryl/α,β-unsaturated/α-hetero) is 1. The number of hydrogen-bond acceptors (Lipinski definition) is 6. The number of nitrogens with zero attached hydrogens (tertiary/aromatic N) is 3. The Balaban J connectivity index is 1.39. The van der Waals surface area contributed by atoms with Crippen molar-refractivity contribution in [3.8, 4) is 5.75 Å². The van der Waals surface area contributed by atoms with Crippen LogP contribution in [0, 0.1) is 0 Å². The van der Waals surface area contributed by atoms with Gasteiger partial charge in [0.1, 0.15) is 17.3 Å². The second-order valence-electron chi connectivity index (χ2n) is 6.53. The standard InChI is InChI=1S/C20H21N3O3S/c1-14(24)17-6-2-3-7-18(17)26-11-12-27-20-22-21-19(15-8-9-15)23(20)13-16-5-4-10-25-16/h2-7,10,15H,8-9,11-13H2,1H3. The van der Waals surface area contributed by atoms with Gasteiger partial charge in [-0.2, -0.15) is 0 Å². The lowest BCUT2D eigenvalue weighted by molar-refractivity contribution is 0.101. The van der Waals surface area contributed by atoms with Crippen LogP contribution in [0.15, 0.2) is 52.2 Å². The quantitative estimate of drug-likeness (QED) is 0.314. The third kappa shape index (κ3) is 4.24. The van der Waals surface area contributed by atoms with Gasteiger partial charge in [-0.1, -0.05) is 23.9 Å². The number of thioether (sulfide) groups is 1. The number of para-hydroxylation sites is 1. The normalized spacial score (nSPS) is 13.7. The van der Waals surface area contributed by atoms with Crippen LogP contribution in [0.5, 0.6) is 5.75 Å². The minimum atomic E-state index is 0.00511. The van der Waals surface area contributed by atoms with Gasteiger partial charge in [-0.25, -0.2) is 0 Å². The van der Waals surface area contributed by atoms with E-state index in [0.29, 0.717) is 36.1 Å². The Hall–Kier alpha value is -2.54. The molecule has 0 unspecified atom stereocenters. The van der Waals surface area contributed by atoms with Gasteiger partial charge in [-0.05, 0) is 44.0 Å². The Bertz CT molecular complexity index is 916. The van der Waals surface area contributed by atoms with Gasteiger partial charge in [-0.3, -0.25) is 9.36 Å². The molecule has 1 aliphatic carbocycles. The molecule has 1 fully saturated rings. The van der Waals surface area contributed by atoms with Gasteiger partial charge >= 0.3 is 0 Å². The van der Waals surface area contributed by atoms with Gasteiger partial charge in [0.15, 0.2) is 10.9 Å². The summed E-state index contributed by atoms with van der Waals surface area (Å²) in [6, 6.07) is 11.2. The van der Waals surface area contributed by atoms with Crippen LogP contribution in [0.3, 0.4) is 0 Å². The fourth-order valence-corrected chi connectivity index (χ4v) is 3.69. The molecule has 1 aromatic carbocycles. The highest BCUT2D eigenvalue weighted by molar-refractivity contribution is 7.99. The van der Waals surface area contributed by atoms with E-state index < -0.39 is 0 Å². The zero-order valence-corrected chi connectivity index (χ0v) is 15.9. The van der Waals surface area contributed by atoms with Crippen molar-refractivity contribution in [3.05, 3.63) is 59.8 Å². The van der Waals surface area contributed by atoms with Gasteiger partial charge in [0.25, 0.3) is 0 Å². The number of rotatable bonds is 9. The first kappa shape index (κ1) is 17.9. The maximum absolute atomic E-state index is 11.7. The van der Waals surface area contributed by atoms with E-state index in [1.54, 1.807) is 31.0 Å². The maximum Gasteiger partial charge on any atom is 0.191 e. The number of aromatic nitrogens is 3. The van der Waals surface area contributed by atoms with E-state index in [9.17, 15) is 4.79 Å².